The van der Waals surface area contributed by atoms with Crippen molar-refractivity contribution in [2.75, 3.05) is 13.2 Å². The van der Waals surface area contributed by atoms with Crippen molar-refractivity contribution in [3.8, 4) is 0 Å². The fourth-order valence-corrected chi connectivity index (χ4v) is 8.24. The number of hydrogen-bond acceptors (Lipinski definition) is 6. The molecule has 0 aliphatic carbocycles. The van der Waals surface area contributed by atoms with E-state index in [9.17, 15) is 14.4 Å². The summed E-state index contributed by atoms with van der Waals surface area (Å²) >= 11 is 0. The highest BCUT2D eigenvalue weighted by Gasteiger charge is 2.19. The number of unbranched alkanes of at least 4 members (excludes halogenated alkanes) is 20. The third-order valence-corrected chi connectivity index (χ3v) is 12.8. The summed E-state index contributed by atoms with van der Waals surface area (Å²) in [6.07, 6.45) is 91.4. The maximum absolute atomic E-state index is 12.9. The molecule has 0 aromatic rings. The minimum atomic E-state index is -0.811. The summed E-state index contributed by atoms with van der Waals surface area (Å²) < 4.78 is 16.9. The molecular weight excluding hydrogens is 949 g/mol. The van der Waals surface area contributed by atoms with Crippen molar-refractivity contribution in [1.82, 2.24) is 0 Å². The van der Waals surface area contributed by atoms with Gasteiger partial charge < -0.3 is 14.2 Å². The average Bonchev–Trinajstić information content (AvgIpc) is 3.43. The summed E-state index contributed by atoms with van der Waals surface area (Å²) in [4.78, 5) is 38.3. The molecular formula is C71H114O6. The summed E-state index contributed by atoms with van der Waals surface area (Å²) in [5, 5.41) is 0. The van der Waals surface area contributed by atoms with Crippen LogP contribution in [0.5, 0.6) is 0 Å². The summed E-state index contributed by atoms with van der Waals surface area (Å²) in [6.45, 7) is 6.25. The number of ether oxygens (including phenoxy) is 3. The van der Waals surface area contributed by atoms with Crippen molar-refractivity contribution < 1.29 is 28.6 Å². The van der Waals surface area contributed by atoms with Gasteiger partial charge in [-0.1, -0.05) is 256 Å². The quantitative estimate of drug-likeness (QED) is 0.0261. The molecule has 0 aliphatic heterocycles. The number of rotatable bonds is 55. The number of hydrogen-bond donors (Lipinski definition) is 0. The number of carbonyl (C=O) groups excluding carboxylic acids is 3. The molecule has 0 N–H and O–H groups in total. The van der Waals surface area contributed by atoms with Gasteiger partial charge in [0.25, 0.3) is 0 Å². The van der Waals surface area contributed by atoms with Gasteiger partial charge in [0.2, 0.25) is 0 Å². The Bertz CT molecular complexity index is 1700. The zero-order valence-electron chi connectivity index (χ0n) is 49.7. The zero-order chi connectivity index (χ0) is 55.7. The third-order valence-electron chi connectivity index (χ3n) is 12.8. The van der Waals surface area contributed by atoms with Gasteiger partial charge >= 0.3 is 17.9 Å². The van der Waals surface area contributed by atoms with Crippen LogP contribution in [0.15, 0.2) is 146 Å². The van der Waals surface area contributed by atoms with Gasteiger partial charge in [-0.25, -0.2) is 0 Å². The molecule has 0 amide bonds. The Balaban J connectivity index is 4.42. The van der Waals surface area contributed by atoms with Gasteiger partial charge in [-0.15, -0.1) is 0 Å². The van der Waals surface area contributed by atoms with Crippen molar-refractivity contribution in [3.63, 3.8) is 0 Å². The van der Waals surface area contributed by atoms with E-state index in [2.05, 4.69) is 167 Å². The van der Waals surface area contributed by atoms with Crippen molar-refractivity contribution in [2.24, 2.45) is 0 Å². The van der Waals surface area contributed by atoms with E-state index in [1.807, 2.05) is 0 Å². The van der Waals surface area contributed by atoms with Crippen LogP contribution in [0.4, 0.5) is 0 Å². The highest BCUT2D eigenvalue weighted by Crippen LogP contribution is 2.15. The highest BCUT2D eigenvalue weighted by atomic mass is 16.6. The molecule has 1 atom stereocenters. The molecule has 0 saturated carbocycles. The summed E-state index contributed by atoms with van der Waals surface area (Å²) in [6, 6.07) is 0. The molecule has 77 heavy (non-hydrogen) atoms. The SMILES string of the molecule is CC/C=C\C/C=C\C/C=C\C/C=C\CCCCCCCCCCCCCCC(=O)OCC(COC(=O)CCCC/C=C\C/C=C\C/C=C\C/C=C\CC)OC(=O)CCCCCCCC/C=C\C/C=C\C/C=C\C/C=C\CC. The van der Waals surface area contributed by atoms with Crippen LogP contribution in [0, 0.1) is 0 Å². The normalized spacial score (nSPS) is 13.1. The lowest BCUT2D eigenvalue weighted by atomic mass is 10.0. The smallest absolute Gasteiger partial charge is 0.306 e. The van der Waals surface area contributed by atoms with E-state index in [-0.39, 0.29) is 31.1 Å². The maximum atomic E-state index is 12.9. The van der Waals surface area contributed by atoms with Gasteiger partial charge in [-0.05, 0) is 135 Å². The van der Waals surface area contributed by atoms with Gasteiger partial charge in [0, 0.05) is 19.3 Å². The molecule has 0 aromatic heterocycles. The molecule has 0 fully saturated rings. The topological polar surface area (TPSA) is 78.9 Å². The first-order valence-electron chi connectivity index (χ1n) is 31.3. The monoisotopic (exact) mass is 1060 g/mol. The third kappa shape index (κ3) is 62.0. The van der Waals surface area contributed by atoms with E-state index in [0.717, 1.165) is 148 Å². The maximum Gasteiger partial charge on any atom is 0.306 e. The Kier molecular flexibility index (Phi) is 59.9. The van der Waals surface area contributed by atoms with Crippen LogP contribution in [0.25, 0.3) is 0 Å². The van der Waals surface area contributed by atoms with E-state index in [1.165, 1.54) is 77.0 Å². The zero-order valence-corrected chi connectivity index (χ0v) is 49.7. The van der Waals surface area contributed by atoms with Crippen LogP contribution < -0.4 is 0 Å². The molecule has 6 heteroatoms. The molecule has 0 heterocycles. The minimum absolute atomic E-state index is 0.103. The number of carbonyl (C=O) groups is 3. The van der Waals surface area contributed by atoms with E-state index in [1.54, 1.807) is 0 Å². The van der Waals surface area contributed by atoms with E-state index in [4.69, 9.17) is 14.2 Å². The lowest BCUT2D eigenvalue weighted by Crippen LogP contribution is -2.30. The van der Waals surface area contributed by atoms with Gasteiger partial charge in [-0.2, -0.15) is 0 Å². The molecule has 6 nitrogen and oxygen atoms in total. The van der Waals surface area contributed by atoms with Crippen molar-refractivity contribution in [1.29, 1.82) is 0 Å². The van der Waals surface area contributed by atoms with Gasteiger partial charge in [-0.3, -0.25) is 14.4 Å². The Hall–Kier alpha value is -4.71. The van der Waals surface area contributed by atoms with Crippen LogP contribution >= 0.6 is 0 Å². The second-order valence-corrected chi connectivity index (χ2v) is 20.2. The molecule has 0 bridgehead atoms. The fraction of sp³-hybridized carbons (Fsp3) is 0.620. The molecule has 0 aromatic carbocycles. The molecule has 0 radical (unpaired) electrons. The largest absolute Gasteiger partial charge is 0.462 e. The van der Waals surface area contributed by atoms with E-state index in [0.29, 0.717) is 19.3 Å². The fourth-order valence-electron chi connectivity index (χ4n) is 8.24. The van der Waals surface area contributed by atoms with Crippen molar-refractivity contribution >= 4 is 17.9 Å². The van der Waals surface area contributed by atoms with Gasteiger partial charge in [0.05, 0.1) is 0 Å². The van der Waals surface area contributed by atoms with Crippen LogP contribution in [0.1, 0.15) is 265 Å². The Morgan fingerprint density at radius 3 is 0.753 bits per heavy atom. The lowest BCUT2D eigenvalue weighted by Gasteiger charge is -2.18. The first-order valence-corrected chi connectivity index (χ1v) is 31.3. The molecule has 0 spiro atoms. The Morgan fingerprint density at radius 2 is 0.468 bits per heavy atom. The van der Waals surface area contributed by atoms with Crippen molar-refractivity contribution in [3.05, 3.63) is 146 Å². The number of allylic oxidation sites excluding steroid dienone is 24. The summed E-state index contributed by atoms with van der Waals surface area (Å²) in [5.74, 6) is -0.963. The van der Waals surface area contributed by atoms with Gasteiger partial charge in [0.1, 0.15) is 13.2 Å². The molecule has 434 valence electrons. The second kappa shape index (κ2) is 63.8. The Labute approximate surface area is 474 Å². The average molecular weight is 1060 g/mol. The molecule has 0 rings (SSSR count). The predicted molar refractivity (Wildman–Crippen MR) is 334 cm³/mol. The van der Waals surface area contributed by atoms with Crippen LogP contribution in [0.2, 0.25) is 0 Å². The van der Waals surface area contributed by atoms with E-state index >= 15 is 0 Å². The Morgan fingerprint density at radius 1 is 0.260 bits per heavy atom. The predicted octanol–water partition coefficient (Wildman–Crippen LogP) is 21.5. The first-order chi connectivity index (χ1) is 38.0. The second-order valence-electron chi connectivity index (χ2n) is 20.2. The molecule has 0 aliphatic rings. The number of esters is 3. The van der Waals surface area contributed by atoms with Crippen LogP contribution in [-0.2, 0) is 28.6 Å². The molecule has 0 saturated heterocycles. The van der Waals surface area contributed by atoms with Gasteiger partial charge in [0.15, 0.2) is 6.10 Å². The standard InChI is InChI=1S/C71H114O6/c1-4-7-10-13-16-19-22-25-28-30-32-33-34-35-36-37-39-40-43-46-49-52-55-58-61-64-70(73)76-67-68(66-75-69(72)63-60-57-54-51-48-45-42-27-24-21-18-15-12-9-6-3)77-71(74)65-62-59-56-53-50-47-44-41-38-31-29-26-23-20-17-14-11-8-5-2/h7-12,16-21,25-29,32-33,38,41-42,48,51,68H,4-6,13-15,22-24,30-31,34-37,39-40,43-47,49-50,52-67H2,1-3H3/b10-7-,11-8-,12-9-,19-16-,20-17-,21-18-,28-25-,29-26-,33-32-,41-38-,42-27-,51-48-. The van der Waals surface area contributed by atoms with E-state index < -0.39 is 6.10 Å². The lowest BCUT2D eigenvalue weighted by molar-refractivity contribution is -0.167. The summed E-state index contributed by atoms with van der Waals surface area (Å²) in [7, 11) is 0. The van der Waals surface area contributed by atoms with Crippen LogP contribution in [-0.4, -0.2) is 37.2 Å². The van der Waals surface area contributed by atoms with Crippen LogP contribution in [0.3, 0.4) is 0 Å². The molecule has 1 unspecified atom stereocenters. The first kappa shape index (κ1) is 72.3. The summed E-state index contributed by atoms with van der Waals surface area (Å²) in [5.41, 5.74) is 0. The minimum Gasteiger partial charge on any atom is -0.462 e. The van der Waals surface area contributed by atoms with Crippen molar-refractivity contribution in [2.45, 2.75) is 271 Å². The highest BCUT2D eigenvalue weighted by molar-refractivity contribution is 5.71.